The highest BCUT2D eigenvalue weighted by Gasteiger charge is 2.14. The van der Waals surface area contributed by atoms with Crippen LogP contribution in [0.4, 0.5) is 0 Å². The third-order valence-corrected chi connectivity index (χ3v) is 2.16. The molecule has 0 saturated heterocycles. The number of fused-ring (bicyclic) bond motifs is 1. The number of primary amides is 1. The molecule has 0 fully saturated rings. The number of imidazole rings is 1. The fourth-order valence-corrected chi connectivity index (χ4v) is 1.29. The fraction of sp³-hybridized carbons (Fsp3) is 0. The van der Waals surface area contributed by atoms with Gasteiger partial charge in [0.15, 0.2) is 11.3 Å². The van der Waals surface area contributed by atoms with Gasteiger partial charge in [-0.05, 0) is 0 Å². The molecule has 0 aliphatic carbocycles. The Morgan fingerprint density at radius 1 is 1.57 bits per heavy atom. The van der Waals surface area contributed by atoms with E-state index in [2.05, 4.69) is 15.3 Å². The molecule has 0 aromatic carbocycles. The lowest BCUT2D eigenvalue weighted by Crippen LogP contribution is -2.24. The van der Waals surface area contributed by atoms with Crippen molar-refractivity contribution >= 4 is 34.4 Å². The Morgan fingerprint density at radius 3 is 2.93 bits per heavy atom. The molecule has 2 aromatic rings. The van der Waals surface area contributed by atoms with Crippen LogP contribution in [0.15, 0.2) is 11.1 Å². The van der Waals surface area contributed by atoms with Gasteiger partial charge in [-0.15, -0.1) is 7.99 Å². The van der Waals surface area contributed by atoms with Crippen LogP contribution in [0.5, 0.6) is 0 Å². The Morgan fingerprint density at radius 2 is 2.29 bits per heavy atom. The van der Waals surface area contributed by atoms with E-state index >= 15 is 0 Å². The molecule has 1 amide bonds. The van der Waals surface area contributed by atoms with Crippen LogP contribution < -0.4 is 11.4 Å². The van der Waals surface area contributed by atoms with E-state index in [4.69, 9.17) is 5.73 Å². The van der Waals surface area contributed by atoms with Crippen molar-refractivity contribution in [3.8, 4) is 0 Å². The molecule has 0 aliphatic heterocycles. The molecule has 2 rings (SSSR count). The number of halogens is 1. The van der Waals surface area contributed by atoms with Crippen molar-refractivity contribution in [3.05, 3.63) is 22.5 Å². The summed E-state index contributed by atoms with van der Waals surface area (Å²) in [7, 11) is 0. The van der Waals surface area contributed by atoms with Gasteiger partial charge in [0.25, 0.3) is 5.91 Å². The number of aromatic nitrogens is 5. The molecule has 0 saturated carbocycles. The molecule has 0 radical (unpaired) electrons. The number of hydrogen-bond acceptors (Lipinski definition) is 5. The largest absolute Gasteiger partial charge is 0.364 e. The van der Waals surface area contributed by atoms with E-state index in [1.807, 2.05) is 0 Å². The summed E-state index contributed by atoms with van der Waals surface area (Å²) in [5.41, 5.74) is 4.57. The van der Waals surface area contributed by atoms with Gasteiger partial charge < -0.3 is 5.73 Å². The average Bonchev–Trinajstić information content (AvgIpc) is 2.55. The van der Waals surface area contributed by atoms with Crippen molar-refractivity contribution in [2.45, 2.75) is 0 Å². The zero-order valence-corrected chi connectivity index (χ0v) is 8.74. The van der Waals surface area contributed by atoms with Crippen LogP contribution in [-0.2, 0) is 0 Å². The van der Waals surface area contributed by atoms with E-state index in [0.29, 0.717) is 0 Å². The summed E-state index contributed by atoms with van der Waals surface area (Å²) in [6.07, 6.45) is 1.18. The third-order valence-electron chi connectivity index (χ3n) is 1.56. The number of rotatable bonds is 1. The van der Waals surface area contributed by atoms with E-state index in [-0.39, 0.29) is 11.3 Å². The first-order chi connectivity index (χ1) is 6.61. The smallest absolute Gasteiger partial charge is 0.362 e. The molecule has 0 bridgehead atoms. The summed E-state index contributed by atoms with van der Waals surface area (Å²) in [4.78, 5) is 25.9. The SMILES string of the molecule is NC(=O)c1ncn2c(=O)n(I)nnc12. The minimum absolute atomic E-state index is 0.0633. The van der Waals surface area contributed by atoms with Gasteiger partial charge in [-0.2, -0.15) is 0 Å². The maximum Gasteiger partial charge on any atom is 0.362 e. The van der Waals surface area contributed by atoms with Gasteiger partial charge in [0, 0.05) is 0 Å². The van der Waals surface area contributed by atoms with Gasteiger partial charge in [0.1, 0.15) is 6.33 Å². The molecular formula is C5H3IN6O2. The Kier molecular flexibility index (Phi) is 1.94. The van der Waals surface area contributed by atoms with Crippen LogP contribution in [0.2, 0.25) is 0 Å². The molecule has 0 unspecified atom stereocenters. The van der Waals surface area contributed by atoms with Crippen molar-refractivity contribution < 1.29 is 4.79 Å². The first kappa shape index (κ1) is 9.05. The lowest BCUT2D eigenvalue weighted by atomic mass is 10.4. The van der Waals surface area contributed by atoms with Crippen LogP contribution >= 0.6 is 22.9 Å². The van der Waals surface area contributed by atoms with Crippen LogP contribution in [0.1, 0.15) is 10.5 Å². The highest BCUT2D eigenvalue weighted by Crippen LogP contribution is 2.01. The highest BCUT2D eigenvalue weighted by atomic mass is 127. The maximum atomic E-state index is 11.4. The van der Waals surface area contributed by atoms with Gasteiger partial charge in [-0.3, -0.25) is 4.79 Å². The Labute approximate surface area is 90.2 Å². The van der Waals surface area contributed by atoms with Crippen LogP contribution in [0.3, 0.4) is 0 Å². The molecule has 9 heteroatoms. The number of hydrogen-bond donors (Lipinski definition) is 1. The van der Waals surface area contributed by atoms with Crippen LogP contribution in [0.25, 0.3) is 5.65 Å². The maximum absolute atomic E-state index is 11.4. The van der Waals surface area contributed by atoms with E-state index < -0.39 is 11.6 Å². The topological polar surface area (TPSA) is 108 Å². The normalized spacial score (nSPS) is 10.6. The molecular weight excluding hydrogens is 303 g/mol. The minimum atomic E-state index is -0.743. The van der Waals surface area contributed by atoms with E-state index in [1.54, 1.807) is 22.9 Å². The van der Waals surface area contributed by atoms with Crippen LogP contribution in [0, 0.1) is 0 Å². The number of carbonyl (C=O) groups excluding carboxylic acids is 1. The zero-order valence-electron chi connectivity index (χ0n) is 6.59. The Hall–Kier alpha value is -1.52. The predicted octanol–water partition coefficient (Wildman–Crippen LogP) is -1.42. The predicted molar refractivity (Wildman–Crippen MR) is 53.0 cm³/mol. The summed E-state index contributed by atoms with van der Waals surface area (Å²) < 4.78 is 2.09. The number of nitrogens with zero attached hydrogens (tertiary/aromatic N) is 5. The second-order valence-electron chi connectivity index (χ2n) is 2.38. The molecule has 0 aliphatic rings. The summed E-state index contributed by atoms with van der Waals surface area (Å²) >= 11 is 1.66. The van der Waals surface area contributed by atoms with E-state index in [9.17, 15) is 9.59 Å². The van der Waals surface area contributed by atoms with Gasteiger partial charge in [0.2, 0.25) is 0 Å². The van der Waals surface area contributed by atoms with E-state index in [0.717, 1.165) is 7.30 Å². The molecule has 14 heavy (non-hydrogen) atoms. The highest BCUT2D eigenvalue weighted by molar-refractivity contribution is 14.1. The molecule has 0 spiro atoms. The van der Waals surface area contributed by atoms with Crippen molar-refractivity contribution in [2.24, 2.45) is 5.73 Å². The molecule has 72 valence electrons. The van der Waals surface area contributed by atoms with Crippen molar-refractivity contribution in [1.82, 2.24) is 22.6 Å². The van der Waals surface area contributed by atoms with Crippen LogP contribution in [-0.4, -0.2) is 28.5 Å². The number of carbonyl (C=O) groups is 1. The van der Waals surface area contributed by atoms with Gasteiger partial charge in [0.05, 0.1) is 22.9 Å². The Balaban J connectivity index is 2.91. The fourth-order valence-electron chi connectivity index (χ4n) is 0.960. The van der Waals surface area contributed by atoms with Gasteiger partial charge in [-0.25, -0.2) is 14.2 Å². The number of amides is 1. The van der Waals surface area contributed by atoms with Gasteiger partial charge >= 0.3 is 5.69 Å². The lowest BCUT2D eigenvalue weighted by molar-refractivity contribution is 0.0997. The summed E-state index contributed by atoms with van der Waals surface area (Å²) in [5, 5.41) is 7.12. The van der Waals surface area contributed by atoms with E-state index in [1.165, 1.54) is 6.33 Å². The monoisotopic (exact) mass is 306 g/mol. The Bertz CT molecular complexity index is 571. The lowest BCUT2D eigenvalue weighted by Gasteiger charge is -1.93. The molecule has 0 atom stereocenters. The quantitative estimate of drug-likeness (QED) is 0.651. The minimum Gasteiger partial charge on any atom is -0.364 e. The average molecular weight is 306 g/mol. The first-order valence-corrected chi connectivity index (χ1v) is 4.37. The standard InChI is InChI=1S/C5H3IN6O2/c6-12-5(14)11-1-8-2(3(7)13)4(11)9-10-12/h1H,(H2,7,13). The summed E-state index contributed by atoms with van der Waals surface area (Å²) in [6, 6.07) is 0. The van der Waals surface area contributed by atoms with Crippen molar-refractivity contribution in [2.75, 3.05) is 0 Å². The second kappa shape index (κ2) is 3.01. The van der Waals surface area contributed by atoms with Gasteiger partial charge in [-0.1, -0.05) is 5.21 Å². The molecule has 2 aromatic heterocycles. The number of nitrogens with two attached hydrogens (primary N) is 1. The summed E-state index contributed by atoms with van der Waals surface area (Å²) in [5.74, 6) is -0.743. The molecule has 2 N–H and O–H groups in total. The zero-order chi connectivity index (χ0) is 10.3. The second-order valence-corrected chi connectivity index (χ2v) is 3.30. The molecule has 8 nitrogen and oxygen atoms in total. The third kappa shape index (κ3) is 1.16. The molecule has 2 heterocycles. The van der Waals surface area contributed by atoms with Crippen molar-refractivity contribution in [3.63, 3.8) is 0 Å². The van der Waals surface area contributed by atoms with Crippen molar-refractivity contribution in [1.29, 1.82) is 0 Å². The summed E-state index contributed by atoms with van der Waals surface area (Å²) in [6.45, 7) is 0. The first-order valence-electron chi connectivity index (χ1n) is 3.40.